The van der Waals surface area contributed by atoms with Gasteiger partial charge in [0.25, 0.3) is 0 Å². The van der Waals surface area contributed by atoms with E-state index in [2.05, 4.69) is 0 Å². The fourth-order valence-electron chi connectivity index (χ4n) is 4.04. The van der Waals surface area contributed by atoms with Crippen LogP contribution in [0, 0.1) is 0 Å². The molecule has 0 saturated carbocycles. The molecular weight excluding hydrogens is 510 g/mol. The van der Waals surface area contributed by atoms with Crippen molar-refractivity contribution in [3.8, 4) is 61.9 Å². The molecule has 9 heteroatoms. The molecule has 37 heavy (non-hydrogen) atoms. The molecule has 0 bridgehead atoms. The number of rotatable bonds is 8. The van der Waals surface area contributed by atoms with Gasteiger partial charge < -0.3 is 18.9 Å². The van der Waals surface area contributed by atoms with E-state index in [4.69, 9.17) is 40.6 Å². The van der Waals surface area contributed by atoms with E-state index in [1.807, 2.05) is 72.1 Å². The highest BCUT2D eigenvalue weighted by Gasteiger charge is 2.24. The molecule has 0 fully saturated rings. The summed E-state index contributed by atoms with van der Waals surface area (Å²) in [4.78, 5) is 4.88. The van der Waals surface area contributed by atoms with Crippen LogP contribution in [0.2, 0.25) is 5.02 Å². The first-order valence-corrected chi connectivity index (χ1v) is 12.6. The number of thiazole rings is 1. The van der Waals surface area contributed by atoms with Gasteiger partial charge in [-0.3, -0.25) is 0 Å². The Balaban J connectivity index is 1.71. The van der Waals surface area contributed by atoms with Crippen LogP contribution in [0.15, 0.2) is 72.1 Å². The Labute approximate surface area is 223 Å². The lowest BCUT2D eigenvalue weighted by molar-refractivity contribution is 0.355. The van der Waals surface area contributed by atoms with Crippen LogP contribution in [0.5, 0.6) is 23.0 Å². The summed E-state index contributed by atoms with van der Waals surface area (Å²) < 4.78 is 23.7. The molecule has 2 heterocycles. The average Bonchev–Trinajstić information content (AvgIpc) is 3.57. The molecule has 5 aromatic rings. The van der Waals surface area contributed by atoms with Crippen LogP contribution in [-0.4, -0.2) is 43.2 Å². The zero-order chi connectivity index (χ0) is 25.9. The first-order valence-electron chi connectivity index (χ1n) is 11.3. The van der Waals surface area contributed by atoms with Gasteiger partial charge >= 0.3 is 0 Å². The van der Waals surface area contributed by atoms with E-state index >= 15 is 0 Å². The van der Waals surface area contributed by atoms with E-state index < -0.39 is 0 Å². The lowest BCUT2D eigenvalue weighted by Gasteiger charge is -2.11. The SMILES string of the molecule is COc1ccc(-c2nn(-c3nc(-c4ccccc4)cs3)c(-c3ccc(OC)c(OC)c3)c2Cl)cc1OC. The molecule has 0 unspecified atom stereocenters. The molecule has 0 radical (unpaired) electrons. The molecule has 0 atom stereocenters. The van der Waals surface area contributed by atoms with Crippen LogP contribution in [0.4, 0.5) is 0 Å². The Hall–Kier alpha value is -4.01. The number of hydrogen-bond acceptors (Lipinski definition) is 7. The predicted octanol–water partition coefficient (Wildman–Crippen LogP) is 7.02. The van der Waals surface area contributed by atoms with E-state index in [9.17, 15) is 0 Å². The van der Waals surface area contributed by atoms with Gasteiger partial charge in [0.05, 0.1) is 44.8 Å². The van der Waals surface area contributed by atoms with Crippen molar-refractivity contribution >= 4 is 22.9 Å². The maximum Gasteiger partial charge on any atom is 0.211 e. The molecule has 0 aliphatic heterocycles. The van der Waals surface area contributed by atoms with Crippen molar-refractivity contribution in [2.24, 2.45) is 0 Å². The van der Waals surface area contributed by atoms with Crippen LogP contribution in [-0.2, 0) is 0 Å². The zero-order valence-corrected chi connectivity index (χ0v) is 22.3. The standard InChI is InChI=1S/C28H24ClN3O4S/c1-33-21-12-10-18(14-23(21)35-3)26-25(29)27(19-11-13-22(34-2)24(15-19)36-4)32(31-26)28-30-20(16-37-28)17-8-6-5-7-9-17/h5-16H,1-4H3. The van der Waals surface area contributed by atoms with E-state index in [1.165, 1.54) is 11.3 Å². The summed E-state index contributed by atoms with van der Waals surface area (Å²) in [7, 11) is 6.39. The summed E-state index contributed by atoms with van der Waals surface area (Å²) in [5.41, 5.74) is 4.74. The third-order valence-electron chi connectivity index (χ3n) is 5.88. The summed E-state index contributed by atoms with van der Waals surface area (Å²) in [5.74, 6) is 2.41. The molecule has 0 saturated heterocycles. The maximum absolute atomic E-state index is 7.06. The number of benzene rings is 3. The summed E-state index contributed by atoms with van der Waals surface area (Å²) in [6, 6.07) is 21.2. The van der Waals surface area contributed by atoms with E-state index in [0.29, 0.717) is 44.5 Å². The van der Waals surface area contributed by atoms with Crippen molar-refractivity contribution in [1.82, 2.24) is 14.8 Å². The van der Waals surface area contributed by atoms with E-state index in [-0.39, 0.29) is 0 Å². The van der Waals surface area contributed by atoms with Gasteiger partial charge in [0.15, 0.2) is 23.0 Å². The van der Waals surface area contributed by atoms with Gasteiger partial charge in [0.1, 0.15) is 5.69 Å². The van der Waals surface area contributed by atoms with E-state index in [1.54, 1.807) is 33.1 Å². The maximum atomic E-state index is 7.06. The summed E-state index contributed by atoms with van der Waals surface area (Å²) in [6.45, 7) is 0. The number of ether oxygens (including phenoxy) is 4. The van der Waals surface area contributed by atoms with Gasteiger partial charge in [-0.15, -0.1) is 11.3 Å². The summed E-state index contributed by atoms with van der Waals surface area (Å²) >= 11 is 8.54. The second-order valence-corrected chi connectivity index (χ2v) is 9.16. The number of hydrogen-bond donors (Lipinski definition) is 0. The van der Waals surface area contributed by atoms with Crippen molar-refractivity contribution in [3.63, 3.8) is 0 Å². The molecule has 0 spiro atoms. The Bertz CT molecular complexity index is 1550. The van der Waals surface area contributed by atoms with Gasteiger partial charge in [-0.1, -0.05) is 41.9 Å². The first-order chi connectivity index (χ1) is 18.1. The van der Waals surface area contributed by atoms with Crippen molar-refractivity contribution < 1.29 is 18.9 Å². The van der Waals surface area contributed by atoms with Crippen LogP contribution >= 0.6 is 22.9 Å². The topological polar surface area (TPSA) is 67.6 Å². The Morgan fingerprint density at radius 1 is 0.703 bits per heavy atom. The normalized spacial score (nSPS) is 10.8. The second-order valence-electron chi connectivity index (χ2n) is 7.94. The molecule has 2 aromatic heterocycles. The molecule has 0 amide bonds. The lowest BCUT2D eigenvalue weighted by Crippen LogP contribution is -2.00. The molecule has 5 rings (SSSR count). The molecule has 3 aromatic carbocycles. The van der Waals surface area contributed by atoms with Crippen LogP contribution < -0.4 is 18.9 Å². The number of halogens is 1. The molecule has 7 nitrogen and oxygen atoms in total. The zero-order valence-electron chi connectivity index (χ0n) is 20.7. The van der Waals surface area contributed by atoms with E-state index in [0.717, 1.165) is 22.4 Å². The predicted molar refractivity (Wildman–Crippen MR) is 147 cm³/mol. The monoisotopic (exact) mass is 533 g/mol. The highest BCUT2D eigenvalue weighted by Crippen LogP contribution is 2.43. The Morgan fingerprint density at radius 2 is 1.30 bits per heavy atom. The van der Waals surface area contributed by atoms with Gasteiger partial charge in [-0.2, -0.15) is 5.10 Å². The molecule has 0 aliphatic carbocycles. The second kappa shape index (κ2) is 10.5. The minimum absolute atomic E-state index is 0.468. The van der Waals surface area contributed by atoms with Crippen molar-refractivity contribution in [2.75, 3.05) is 28.4 Å². The first kappa shape index (κ1) is 24.7. The fourth-order valence-corrected chi connectivity index (χ4v) is 5.17. The van der Waals surface area contributed by atoms with Gasteiger partial charge in [0.2, 0.25) is 5.13 Å². The number of nitrogens with zero attached hydrogens (tertiary/aromatic N) is 3. The summed E-state index contributed by atoms with van der Waals surface area (Å²) in [5, 5.41) is 8.08. The van der Waals surface area contributed by atoms with Crippen molar-refractivity contribution in [1.29, 1.82) is 0 Å². The highest BCUT2D eigenvalue weighted by atomic mass is 35.5. The smallest absolute Gasteiger partial charge is 0.211 e. The molecule has 0 N–H and O–H groups in total. The Morgan fingerprint density at radius 3 is 1.92 bits per heavy atom. The number of aromatic nitrogens is 3. The van der Waals surface area contributed by atoms with Gasteiger partial charge in [0, 0.05) is 22.1 Å². The highest BCUT2D eigenvalue weighted by molar-refractivity contribution is 7.12. The van der Waals surface area contributed by atoms with Crippen molar-refractivity contribution in [3.05, 3.63) is 77.1 Å². The van der Waals surface area contributed by atoms with Crippen LogP contribution in [0.1, 0.15) is 0 Å². The minimum atomic E-state index is 0.468. The molecular formula is C28H24ClN3O4S. The number of methoxy groups -OCH3 is 4. The fraction of sp³-hybridized carbons (Fsp3) is 0.143. The molecule has 188 valence electrons. The minimum Gasteiger partial charge on any atom is -0.493 e. The third kappa shape index (κ3) is 4.61. The largest absolute Gasteiger partial charge is 0.493 e. The Kier molecular flexibility index (Phi) is 7.03. The quantitative estimate of drug-likeness (QED) is 0.213. The van der Waals surface area contributed by atoms with Crippen molar-refractivity contribution in [2.45, 2.75) is 0 Å². The summed E-state index contributed by atoms with van der Waals surface area (Å²) in [6.07, 6.45) is 0. The van der Waals surface area contributed by atoms with Gasteiger partial charge in [-0.25, -0.2) is 9.67 Å². The van der Waals surface area contributed by atoms with Crippen LogP contribution in [0.25, 0.3) is 38.9 Å². The average molecular weight is 534 g/mol. The lowest BCUT2D eigenvalue weighted by atomic mass is 10.1. The third-order valence-corrected chi connectivity index (χ3v) is 7.06. The van der Waals surface area contributed by atoms with Gasteiger partial charge in [-0.05, 0) is 36.4 Å². The molecule has 0 aliphatic rings. The van der Waals surface area contributed by atoms with Crippen LogP contribution in [0.3, 0.4) is 0 Å².